The number of nitrogens with one attached hydrogen (secondary N) is 3. The standard InChI is InChI=1S/C25H24F3N7O2/c26-25(27,28)18-8-20(24(36)33-10-15-5-6-37-13-15)22(32-12-18)30-9-14-1-3-16(4-2-14)17-7-19-21(29)34-35-23(19)31-11-17/h1-4,7-8,11-12,15H,5-6,9-10,13H2,(H,30,32)(H,33,36)(H3,29,31,34,35). The minimum Gasteiger partial charge on any atom is -0.382 e. The summed E-state index contributed by atoms with van der Waals surface area (Å²) in [6.45, 7) is 1.70. The van der Waals surface area contributed by atoms with Crippen LogP contribution in [-0.2, 0) is 17.5 Å². The molecule has 0 saturated carbocycles. The lowest BCUT2D eigenvalue weighted by molar-refractivity contribution is -0.137. The lowest BCUT2D eigenvalue weighted by atomic mass is 10.0. The average molecular weight is 512 g/mol. The Morgan fingerprint density at radius 1 is 1.14 bits per heavy atom. The highest BCUT2D eigenvalue weighted by molar-refractivity contribution is 5.99. The SMILES string of the molecule is Nc1n[nH]c2ncc(-c3ccc(CNc4ncc(C(F)(F)F)cc4C(=O)NCC4CCOC4)cc3)cc12. The fourth-order valence-electron chi connectivity index (χ4n) is 4.09. The number of aromatic nitrogens is 4. The molecule has 1 aliphatic heterocycles. The molecule has 5 rings (SSSR count). The fraction of sp³-hybridized carbons (Fsp3) is 0.280. The van der Waals surface area contributed by atoms with Gasteiger partial charge >= 0.3 is 6.18 Å². The van der Waals surface area contributed by atoms with Crippen molar-refractivity contribution in [3.05, 3.63) is 65.5 Å². The van der Waals surface area contributed by atoms with Crippen LogP contribution in [0.25, 0.3) is 22.2 Å². The molecule has 4 aromatic rings. The molecule has 0 bridgehead atoms. The Morgan fingerprint density at radius 2 is 1.95 bits per heavy atom. The average Bonchev–Trinajstić information content (AvgIpc) is 3.55. The molecule has 5 N–H and O–H groups in total. The van der Waals surface area contributed by atoms with Crippen LogP contribution in [0.4, 0.5) is 24.8 Å². The highest BCUT2D eigenvalue weighted by Crippen LogP contribution is 2.31. The number of fused-ring (bicyclic) bond motifs is 1. The van der Waals surface area contributed by atoms with Gasteiger partial charge in [0.25, 0.3) is 5.91 Å². The minimum atomic E-state index is -4.62. The van der Waals surface area contributed by atoms with E-state index in [1.807, 2.05) is 30.3 Å². The summed E-state index contributed by atoms with van der Waals surface area (Å²) < 4.78 is 45.2. The number of amides is 1. The molecule has 192 valence electrons. The second-order valence-corrected chi connectivity index (χ2v) is 8.84. The number of hydrogen-bond donors (Lipinski definition) is 4. The molecule has 0 spiro atoms. The summed E-state index contributed by atoms with van der Waals surface area (Å²) in [4.78, 5) is 21.0. The molecule has 1 unspecified atom stereocenters. The maximum Gasteiger partial charge on any atom is 0.417 e. The quantitative estimate of drug-likeness (QED) is 0.295. The molecular weight excluding hydrogens is 487 g/mol. The lowest BCUT2D eigenvalue weighted by Crippen LogP contribution is -2.30. The van der Waals surface area contributed by atoms with Crippen LogP contribution >= 0.6 is 0 Å². The van der Waals surface area contributed by atoms with E-state index in [-0.39, 0.29) is 23.8 Å². The first kappa shape index (κ1) is 24.5. The minimum absolute atomic E-state index is 0.0716. The maximum absolute atomic E-state index is 13.3. The summed E-state index contributed by atoms with van der Waals surface area (Å²) in [5.41, 5.74) is 7.92. The van der Waals surface area contributed by atoms with E-state index in [4.69, 9.17) is 10.5 Å². The van der Waals surface area contributed by atoms with E-state index >= 15 is 0 Å². The van der Waals surface area contributed by atoms with Gasteiger partial charge in [-0.15, -0.1) is 0 Å². The van der Waals surface area contributed by atoms with Crippen molar-refractivity contribution >= 4 is 28.6 Å². The van der Waals surface area contributed by atoms with E-state index in [0.717, 1.165) is 40.8 Å². The van der Waals surface area contributed by atoms with Crippen LogP contribution in [-0.4, -0.2) is 45.8 Å². The van der Waals surface area contributed by atoms with E-state index in [1.54, 1.807) is 6.20 Å². The number of anilines is 2. The third kappa shape index (κ3) is 5.48. The molecule has 1 atom stereocenters. The number of nitrogens with zero attached hydrogens (tertiary/aromatic N) is 3. The van der Waals surface area contributed by atoms with Gasteiger partial charge in [0.05, 0.1) is 23.1 Å². The highest BCUT2D eigenvalue weighted by atomic mass is 19.4. The van der Waals surface area contributed by atoms with E-state index in [9.17, 15) is 18.0 Å². The zero-order valence-corrected chi connectivity index (χ0v) is 19.6. The summed E-state index contributed by atoms with van der Waals surface area (Å²) in [6.07, 6.45) is -1.39. The van der Waals surface area contributed by atoms with Crippen molar-refractivity contribution < 1.29 is 22.7 Å². The van der Waals surface area contributed by atoms with Crippen LogP contribution in [0.3, 0.4) is 0 Å². The molecule has 1 amide bonds. The Kier molecular flexibility index (Phi) is 6.66. The molecule has 1 aromatic carbocycles. The van der Waals surface area contributed by atoms with Crippen molar-refractivity contribution in [2.75, 3.05) is 30.8 Å². The normalized spacial score (nSPS) is 15.7. The number of hydrogen-bond acceptors (Lipinski definition) is 7. The van der Waals surface area contributed by atoms with E-state index in [2.05, 4.69) is 30.8 Å². The number of carbonyl (C=O) groups is 1. The smallest absolute Gasteiger partial charge is 0.382 e. The van der Waals surface area contributed by atoms with Gasteiger partial charge in [0.15, 0.2) is 11.5 Å². The van der Waals surface area contributed by atoms with Gasteiger partial charge in [-0.3, -0.25) is 9.89 Å². The Labute approximate surface area is 209 Å². The van der Waals surface area contributed by atoms with E-state index in [0.29, 0.717) is 31.2 Å². The number of halogens is 3. The van der Waals surface area contributed by atoms with Gasteiger partial charge in [-0.05, 0) is 29.7 Å². The van der Waals surface area contributed by atoms with Gasteiger partial charge in [0, 0.05) is 43.6 Å². The van der Waals surface area contributed by atoms with E-state index in [1.165, 1.54) is 0 Å². The first-order chi connectivity index (χ1) is 17.8. The first-order valence-corrected chi connectivity index (χ1v) is 11.6. The molecule has 1 aliphatic rings. The Balaban J connectivity index is 1.31. The monoisotopic (exact) mass is 511 g/mol. The molecule has 1 saturated heterocycles. The summed E-state index contributed by atoms with van der Waals surface area (Å²) >= 11 is 0. The number of aromatic amines is 1. The summed E-state index contributed by atoms with van der Waals surface area (Å²) in [5, 5.41) is 13.1. The lowest BCUT2D eigenvalue weighted by Gasteiger charge is -2.15. The molecule has 1 fully saturated rings. The molecule has 0 aliphatic carbocycles. The second-order valence-electron chi connectivity index (χ2n) is 8.84. The van der Waals surface area contributed by atoms with Crippen molar-refractivity contribution in [2.45, 2.75) is 19.1 Å². The summed E-state index contributed by atoms with van der Waals surface area (Å²) in [7, 11) is 0. The van der Waals surface area contributed by atoms with Crippen molar-refractivity contribution in [3.63, 3.8) is 0 Å². The molecule has 37 heavy (non-hydrogen) atoms. The molecule has 12 heteroatoms. The van der Waals surface area contributed by atoms with Crippen molar-refractivity contribution in [3.8, 4) is 11.1 Å². The number of ether oxygens (including phenoxy) is 1. The van der Waals surface area contributed by atoms with Crippen molar-refractivity contribution in [1.82, 2.24) is 25.5 Å². The van der Waals surface area contributed by atoms with Gasteiger partial charge in [0.1, 0.15) is 5.82 Å². The number of pyridine rings is 2. The number of rotatable bonds is 7. The number of benzene rings is 1. The highest BCUT2D eigenvalue weighted by Gasteiger charge is 2.32. The van der Waals surface area contributed by atoms with Crippen LogP contribution in [0, 0.1) is 5.92 Å². The second kappa shape index (κ2) is 10.1. The van der Waals surface area contributed by atoms with Crippen LogP contribution in [0.15, 0.2) is 48.8 Å². The zero-order valence-electron chi connectivity index (χ0n) is 19.6. The van der Waals surface area contributed by atoms with Crippen molar-refractivity contribution in [1.29, 1.82) is 0 Å². The number of H-pyrrole nitrogens is 1. The van der Waals surface area contributed by atoms with E-state index < -0.39 is 17.6 Å². The Bertz CT molecular complexity index is 1410. The summed E-state index contributed by atoms with van der Waals surface area (Å²) in [6, 6.07) is 10.2. The maximum atomic E-state index is 13.3. The van der Waals surface area contributed by atoms with Gasteiger partial charge in [0.2, 0.25) is 0 Å². The van der Waals surface area contributed by atoms with Crippen molar-refractivity contribution in [2.24, 2.45) is 5.92 Å². The molecule has 0 radical (unpaired) electrons. The molecule has 3 aromatic heterocycles. The van der Waals surface area contributed by atoms with Gasteiger partial charge < -0.3 is 21.1 Å². The Morgan fingerprint density at radius 3 is 2.68 bits per heavy atom. The molecule has 9 nitrogen and oxygen atoms in total. The largest absolute Gasteiger partial charge is 0.417 e. The van der Waals surface area contributed by atoms with Gasteiger partial charge in [-0.1, -0.05) is 24.3 Å². The molecular formula is C25H24F3N7O2. The first-order valence-electron chi connectivity index (χ1n) is 11.6. The third-order valence-electron chi connectivity index (χ3n) is 6.23. The topological polar surface area (TPSA) is 131 Å². The fourth-order valence-corrected chi connectivity index (χ4v) is 4.09. The van der Waals surface area contributed by atoms with Crippen LogP contribution < -0.4 is 16.4 Å². The van der Waals surface area contributed by atoms with Crippen LogP contribution in [0.1, 0.15) is 27.9 Å². The number of alkyl halides is 3. The summed E-state index contributed by atoms with van der Waals surface area (Å²) in [5.74, 6) is -0.0452. The number of nitrogen functional groups attached to an aromatic ring is 1. The van der Waals surface area contributed by atoms with Crippen LogP contribution in [0.5, 0.6) is 0 Å². The van der Waals surface area contributed by atoms with Gasteiger partial charge in [-0.25, -0.2) is 9.97 Å². The number of nitrogens with two attached hydrogens (primary N) is 1. The van der Waals surface area contributed by atoms with Crippen LogP contribution in [0.2, 0.25) is 0 Å². The third-order valence-corrected chi connectivity index (χ3v) is 6.23. The Hall–Kier alpha value is -4.19. The van der Waals surface area contributed by atoms with Gasteiger partial charge in [-0.2, -0.15) is 18.3 Å². The number of carbonyl (C=O) groups excluding carboxylic acids is 1. The zero-order chi connectivity index (χ0) is 26.0. The molecule has 4 heterocycles. The predicted molar refractivity (Wildman–Crippen MR) is 132 cm³/mol. The predicted octanol–water partition coefficient (Wildman–Crippen LogP) is 4.00.